The molecule has 2 aromatic rings. The molecular formula is C34H38ClNO5. The zero-order valence-electron chi connectivity index (χ0n) is 24.5. The number of rotatable bonds is 7. The van der Waals surface area contributed by atoms with E-state index in [2.05, 4.69) is 27.7 Å². The summed E-state index contributed by atoms with van der Waals surface area (Å²) in [7, 11) is 0. The summed E-state index contributed by atoms with van der Waals surface area (Å²) < 4.78 is 6.37. The topological polar surface area (TPSA) is 83.9 Å². The lowest BCUT2D eigenvalue weighted by molar-refractivity contribution is -0.137. The van der Waals surface area contributed by atoms with Gasteiger partial charge in [0.25, 0.3) is 0 Å². The second kappa shape index (κ2) is 10.8. The Morgan fingerprint density at radius 1 is 0.927 bits per heavy atom. The van der Waals surface area contributed by atoms with Gasteiger partial charge in [-0.15, -0.1) is 0 Å². The van der Waals surface area contributed by atoms with Crippen LogP contribution in [0, 0.1) is 17.8 Å². The second-order valence-electron chi connectivity index (χ2n) is 13.3. The van der Waals surface area contributed by atoms with Gasteiger partial charge in [0, 0.05) is 58.4 Å². The molecule has 0 aromatic heterocycles. The standard InChI is InChI=1S/C34H38ClNO5/c1-20-6-8-21(9-7-20)19-41-28-11-10-22(35)14-23(28)30-31-24(15-33(2,3)17-26(31)37)36(13-12-29(39)40)25-16-34(4,5)18-27(38)32(25)30/h6-11,14,30H,12-13,15-19H2,1-5H3,(H,39,40). The van der Waals surface area contributed by atoms with Crippen LogP contribution in [0.4, 0.5) is 0 Å². The minimum atomic E-state index is -0.916. The largest absolute Gasteiger partial charge is 0.489 e. The first-order valence-corrected chi connectivity index (χ1v) is 14.6. The zero-order valence-corrected chi connectivity index (χ0v) is 25.2. The summed E-state index contributed by atoms with van der Waals surface area (Å²) in [4.78, 5) is 41.7. The number of ketones is 2. The van der Waals surface area contributed by atoms with E-state index in [4.69, 9.17) is 16.3 Å². The summed E-state index contributed by atoms with van der Waals surface area (Å²) in [6.45, 7) is 10.8. The number of Topliss-reactive ketones (excluding diaryl/α,β-unsaturated/α-hetero) is 2. The molecule has 0 bridgehead atoms. The van der Waals surface area contributed by atoms with Crippen molar-refractivity contribution in [2.75, 3.05) is 6.54 Å². The van der Waals surface area contributed by atoms with Gasteiger partial charge < -0.3 is 14.7 Å². The molecule has 0 unspecified atom stereocenters. The number of carboxylic acids is 1. The van der Waals surface area contributed by atoms with Crippen LogP contribution in [-0.4, -0.2) is 34.1 Å². The summed E-state index contributed by atoms with van der Waals surface area (Å²) >= 11 is 6.56. The quantitative estimate of drug-likeness (QED) is 0.370. The number of aryl methyl sites for hydroxylation is 1. The van der Waals surface area contributed by atoms with Crippen molar-refractivity contribution < 1.29 is 24.2 Å². The van der Waals surface area contributed by atoms with Gasteiger partial charge in [-0.1, -0.05) is 69.1 Å². The molecule has 1 aliphatic heterocycles. The average molecular weight is 576 g/mol. The van der Waals surface area contributed by atoms with Crippen LogP contribution >= 0.6 is 11.6 Å². The van der Waals surface area contributed by atoms with Crippen LogP contribution in [0.15, 0.2) is 65.0 Å². The number of carbonyl (C=O) groups is 3. The van der Waals surface area contributed by atoms with E-state index in [0.717, 1.165) is 22.5 Å². The monoisotopic (exact) mass is 575 g/mol. The lowest BCUT2D eigenvalue weighted by Crippen LogP contribution is -2.45. The number of carbonyl (C=O) groups excluding carboxylic acids is 2. The smallest absolute Gasteiger partial charge is 0.305 e. The third-order valence-electron chi connectivity index (χ3n) is 8.37. The Labute approximate surface area is 247 Å². The van der Waals surface area contributed by atoms with Crippen LogP contribution in [0.5, 0.6) is 5.75 Å². The van der Waals surface area contributed by atoms with Gasteiger partial charge in [0.15, 0.2) is 11.6 Å². The molecule has 2 aromatic carbocycles. The maximum absolute atomic E-state index is 14.0. The minimum absolute atomic E-state index is 0.0183. The van der Waals surface area contributed by atoms with Crippen molar-refractivity contribution in [3.05, 3.63) is 86.7 Å². The second-order valence-corrected chi connectivity index (χ2v) is 13.7. The van der Waals surface area contributed by atoms with Crippen molar-refractivity contribution in [3.63, 3.8) is 0 Å². The van der Waals surface area contributed by atoms with Crippen LogP contribution < -0.4 is 4.74 Å². The lowest BCUT2D eigenvalue weighted by atomic mass is 9.63. The van der Waals surface area contributed by atoms with Crippen molar-refractivity contribution in [1.82, 2.24) is 4.90 Å². The van der Waals surface area contributed by atoms with Gasteiger partial charge in [-0.05, 0) is 54.4 Å². The Morgan fingerprint density at radius 2 is 1.49 bits per heavy atom. The summed E-state index contributed by atoms with van der Waals surface area (Å²) in [6, 6.07) is 13.5. The van der Waals surface area contributed by atoms with E-state index in [-0.39, 0.29) is 35.4 Å². The van der Waals surface area contributed by atoms with Crippen LogP contribution in [0.2, 0.25) is 5.02 Å². The van der Waals surface area contributed by atoms with Crippen LogP contribution in [0.1, 0.15) is 82.4 Å². The first-order chi connectivity index (χ1) is 19.2. The highest BCUT2D eigenvalue weighted by Gasteiger charge is 2.49. The summed E-state index contributed by atoms with van der Waals surface area (Å²) in [5.74, 6) is -1.00. The number of allylic oxidation sites excluding steroid dienone is 4. The Kier molecular flexibility index (Phi) is 7.66. The molecule has 7 heteroatoms. The molecule has 0 amide bonds. The fraction of sp³-hybridized carbons (Fsp3) is 0.441. The fourth-order valence-corrected chi connectivity index (χ4v) is 6.74. The molecule has 0 spiro atoms. The van der Waals surface area contributed by atoms with Gasteiger partial charge >= 0.3 is 5.97 Å². The first-order valence-electron chi connectivity index (χ1n) is 14.2. The molecule has 0 atom stereocenters. The third-order valence-corrected chi connectivity index (χ3v) is 8.60. The van der Waals surface area contributed by atoms with Crippen molar-refractivity contribution >= 4 is 29.1 Å². The van der Waals surface area contributed by atoms with E-state index in [1.165, 1.54) is 0 Å². The predicted octanol–water partition coefficient (Wildman–Crippen LogP) is 7.39. The van der Waals surface area contributed by atoms with E-state index in [1.54, 1.807) is 6.07 Å². The molecule has 0 saturated heterocycles. The molecule has 216 valence electrons. The molecule has 0 radical (unpaired) electrons. The lowest BCUT2D eigenvalue weighted by Gasteiger charge is -2.49. The zero-order chi connectivity index (χ0) is 29.7. The minimum Gasteiger partial charge on any atom is -0.489 e. The third kappa shape index (κ3) is 5.99. The predicted molar refractivity (Wildman–Crippen MR) is 159 cm³/mol. The Balaban J connectivity index is 1.70. The van der Waals surface area contributed by atoms with Crippen molar-refractivity contribution in [1.29, 1.82) is 0 Å². The van der Waals surface area contributed by atoms with Crippen molar-refractivity contribution in [3.8, 4) is 5.75 Å². The van der Waals surface area contributed by atoms with Gasteiger partial charge in [-0.3, -0.25) is 14.4 Å². The summed E-state index contributed by atoms with van der Waals surface area (Å²) in [5, 5.41) is 10.1. The van der Waals surface area contributed by atoms with E-state index >= 15 is 0 Å². The number of benzene rings is 2. The molecule has 0 fully saturated rings. The summed E-state index contributed by atoms with van der Waals surface area (Å²) in [5.41, 5.74) is 5.06. The molecule has 6 nitrogen and oxygen atoms in total. The highest BCUT2D eigenvalue weighted by atomic mass is 35.5. The fourth-order valence-electron chi connectivity index (χ4n) is 6.56. The van der Waals surface area contributed by atoms with Gasteiger partial charge in [0.05, 0.1) is 6.42 Å². The molecule has 1 N–H and O–H groups in total. The number of hydrogen-bond acceptors (Lipinski definition) is 5. The SMILES string of the molecule is Cc1ccc(COc2ccc(Cl)cc2C2C3=C(CC(C)(C)CC3=O)N(CCC(=O)O)C3=C2C(=O)CC(C)(C)C3)cc1. The maximum Gasteiger partial charge on any atom is 0.305 e. The van der Waals surface area contributed by atoms with Gasteiger partial charge in [-0.2, -0.15) is 0 Å². The number of hydrogen-bond donors (Lipinski definition) is 1. The van der Waals surface area contributed by atoms with Gasteiger partial charge in [0.2, 0.25) is 0 Å². The van der Waals surface area contributed by atoms with E-state index in [1.807, 2.05) is 48.2 Å². The number of carboxylic acid groups (broad SMARTS) is 1. The number of ether oxygens (including phenoxy) is 1. The van der Waals surface area contributed by atoms with Crippen molar-refractivity contribution in [2.24, 2.45) is 10.8 Å². The molecule has 3 aliphatic rings. The molecule has 0 saturated carbocycles. The molecule has 1 heterocycles. The highest BCUT2D eigenvalue weighted by molar-refractivity contribution is 6.30. The van der Waals surface area contributed by atoms with E-state index in [9.17, 15) is 19.5 Å². The molecular weight excluding hydrogens is 538 g/mol. The van der Waals surface area contributed by atoms with Gasteiger partial charge in [0.1, 0.15) is 12.4 Å². The Bertz CT molecular complexity index is 1430. The summed E-state index contributed by atoms with van der Waals surface area (Å²) in [6.07, 6.45) is 1.81. The van der Waals surface area contributed by atoms with Crippen LogP contribution in [0.25, 0.3) is 0 Å². The van der Waals surface area contributed by atoms with E-state index in [0.29, 0.717) is 59.8 Å². The van der Waals surface area contributed by atoms with Crippen LogP contribution in [0.3, 0.4) is 0 Å². The highest BCUT2D eigenvalue weighted by Crippen LogP contribution is 2.55. The maximum atomic E-state index is 14.0. The normalized spacial score (nSPS) is 20.2. The molecule has 2 aliphatic carbocycles. The first kappa shape index (κ1) is 29.1. The molecule has 5 rings (SSSR count). The average Bonchev–Trinajstić information content (AvgIpc) is 2.85. The van der Waals surface area contributed by atoms with Crippen LogP contribution in [-0.2, 0) is 21.0 Å². The van der Waals surface area contributed by atoms with Gasteiger partial charge in [-0.25, -0.2) is 0 Å². The van der Waals surface area contributed by atoms with E-state index < -0.39 is 11.9 Å². The number of halogens is 1. The number of aliphatic carboxylic acids is 1. The Morgan fingerprint density at radius 3 is 2.02 bits per heavy atom. The van der Waals surface area contributed by atoms with Crippen molar-refractivity contribution in [2.45, 2.75) is 79.2 Å². The molecule has 41 heavy (non-hydrogen) atoms. The number of nitrogens with zero attached hydrogens (tertiary/aromatic N) is 1. The Hall–Kier alpha value is -3.38.